The molecule has 0 bridgehead atoms. The van der Waals surface area contributed by atoms with E-state index < -0.39 is 0 Å². The van der Waals surface area contributed by atoms with Gasteiger partial charge in [0.1, 0.15) is 18.1 Å². The second-order valence-electron chi connectivity index (χ2n) is 4.74. The zero-order valence-electron chi connectivity index (χ0n) is 12.5. The van der Waals surface area contributed by atoms with Crippen LogP contribution in [0, 0.1) is 0 Å². The van der Waals surface area contributed by atoms with Crippen molar-refractivity contribution in [3.63, 3.8) is 0 Å². The Labute approximate surface area is 126 Å². The molecule has 1 aromatic heterocycles. The summed E-state index contributed by atoms with van der Waals surface area (Å²) in [7, 11) is 0. The Balaban J connectivity index is 1.51. The van der Waals surface area contributed by atoms with Crippen molar-refractivity contribution in [1.29, 1.82) is 0 Å². The maximum Gasteiger partial charge on any atom is 0.129 e. The van der Waals surface area contributed by atoms with E-state index in [9.17, 15) is 0 Å². The molecule has 0 aliphatic rings. The van der Waals surface area contributed by atoms with Crippen LogP contribution in [-0.4, -0.2) is 19.8 Å². The molecule has 1 heterocycles. The van der Waals surface area contributed by atoms with Crippen LogP contribution in [0.3, 0.4) is 0 Å². The van der Waals surface area contributed by atoms with Gasteiger partial charge in [0.2, 0.25) is 0 Å². The Kier molecular flexibility index (Phi) is 6.84. The van der Waals surface area contributed by atoms with Crippen molar-refractivity contribution in [3.8, 4) is 5.75 Å². The van der Waals surface area contributed by atoms with E-state index >= 15 is 0 Å². The van der Waals surface area contributed by atoms with E-state index in [1.165, 1.54) is 5.56 Å². The van der Waals surface area contributed by atoms with Gasteiger partial charge in [0.05, 0.1) is 12.9 Å². The van der Waals surface area contributed by atoms with Crippen LogP contribution in [0.1, 0.15) is 24.7 Å². The van der Waals surface area contributed by atoms with Crippen molar-refractivity contribution < 1.29 is 13.9 Å². The van der Waals surface area contributed by atoms with Crippen molar-refractivity contribution >= 4 is 0 Å². The van der Waals surface area contributed by atoms with Crippen molar-refractivity contribution in [2.24, 2.45) is 0 Å². The third kappa shape index (κ3) is 6.02. The first-order valence-corrected chi connectivity index (χ1v) is 7.41. The van der Waals surface area contributed by atoms with Crippen LogP contribution in [0.2, 0.25) is 0 Å². The summed E-state index contributed by atoms with van der Waals surface area (Å²) in [6.45, 7) is 5.78. The normalized spacial score (nSPS) is 10.7. The Morgan fingerprint density at radius 1 is 1.14 bits per heavy atom. The first-order valence-electron chi connectivity index (χ1n) is 7.41. The van der Waals surface area contributed by atoms with Crippen LogP contribution < -0.4 is 10.1 Å². The van der Waals surface area contributed by atoms with Crippen LogP contribution in [0.25, 0.3) is 0 Å². The highest BCUT2D eigenvalue weighted by Gasteiger charge is 1.97. The van der Waals surface area contributed by atoms with Gasteiger partial charge < -0.3 is 19.2 Å². The second kappa shape index (κ2) is 9.21. The molecular formula is C17H23NO3. The van der Waals surface area contributed by atoms with Crippen LogP contribution in [0.5, 0.6) is 5.75 Å². The number of nitrogens with one attached hydrogen (secondary N) is 1. The van der Waals surface area contributed by atoms with Gasteiger partial charge in [-0.05, 0) is 49.7 Å². The molecule has 2 rings (SSSR count). The van der Waals surface area contributed by atoms with Gasteiger partial charge in [-0.25, -0.2) is 0 Å². The molecule has 21 heavy (non-hydrogen) atoms. The molecule has 0 atom stereocenters. The molecule has 0 amide bonds. The first kappa shape index (κ1) is 15.6. The number of hydrogen-bond donors (Lipinski definition) is 1. The minimum atomic E-state index is 0.548. The summed E-state index contributed by atoms with van der Waals surface area (Å²) in [5.41, 5.74) is 1.26. The molecule has 2 aromatic rings. The van der Waals surface area contributed by atoms with Gasteiger partial charge in [0, 0.05) is 13.2 Å². The number of benzene rings is 1. The first-order chi connectivity index (χ1) is 10.4. The minimum Gasteiger partial charge on any atom is -0.494 e. The number of ether oxygens (including phenoxy) is 2. The lowest BCUT2D eigenvalue weighted by Gasteiger charge is -2.07. The summed E-state index contributed by atoms with van der Waals surface area (Å²) in [6.07, 6.45) is 2.65. The van der Waals surface area contributed by atoms with Gasteiger partial charge in [-0.2, -0.15) is 0 Å². The Morgan fingerprint density at radius 3 is 2.71 bits per heavy atom. The van der Waals surface area contributed by atoms with E-state index in [0.717, 1.165) is 37.6 Å². The molecule has 1 N–H and O–H groups in total. The minimum absolute atomic E-state index is 0.548. The maximum atomic E-state index is 5.52. The molecule has 0 radical (unpaired) electrons. The predicted octanol–water partition coefficient (Wildman–Crippen LogP) is 3.37. The molecule has 0 aliphatic carbocycles. The lowest BCUT2D eigenvalue weighted by atomic mass is 10.2. The van der Waals surface area contributed by atoms with E-state index in [0.29, 0.717) is 13.2 Å². The second-order valence-corrected chi connectivity index (χ2v) is 4.74. The molecule has 0 spiro atoms. The fourth-order valence-electron chi connectivity index (χ4n) is 1.97. The maximum absolute atomic E-state index is 5.52. The number of rotatable bonds is 10. The highest BCUT2D eigenvalue weighted by molar-refractivity contribution is 5.27. The molecule has 0 unspecified atom stereocenters. The fourth-order valence-corrected chi connectivity index (χ4v) is 1.97. The van der Waals surface area contributed by atoms with Gasteiger partial charge >= 0.3 is 0 Å². The summed E-state index contributed by atoms with van der Waals surface area (Å²) >= 11 is 0. The van der Waals surface area contributed by atoms with Crippen molar-refractivity contribution in [3.05, 3.63) is 54.0 Å². The largest absolute Gasteiger partial charge is 0.494 e. The topological polar surface area (TPSA) is 43.6 Å². The van der Waals surface area contributed by atoms with Gasteiger partial charge in [0.25, 0.3) is 0 Å². The summed E-state index contributed by atoms with van der Waals surface area (Å²) in [5, 5.41) is 3.40. The molecule has 1 aromatic carbocycles. The van der Waals surface area contributed by atoms with E-state index in [2.05, 4.69) is 17.4 Å². The average Bonchev–Trinajstić information content (AvgIpc) is 3.01. The third-order valence-electron chi connectivity index (χ3n) is 3.03. The smallest absolute Gasteiger partial charge is 0.129 e. The summed E-state index contributed by atoms with van der Waals surface area (Å²) in [6, 6.07) is 12.0. The third-order valence-corrected chi connectivity index (χ3v) is 3.03. The summed E-state index contributed by atoms with van der Waals surface area (Å²) in [5.74, 6) is 1.80. The molecule has 114 valence electrons. The molecule has 0 aliphatic heterocycles. The van der Waals surface area contributed by atoms with Gasteiger partial charge in [-0.3, -0.25) is 0 Å². The monoisotopic (exact) mass is 289 g/mol. The lowest BCUT2D eigenvalue weighted by molar-refractivity contribution is 0.104. The highest BCUT2D eigenvalue weighted by Crippen LogP contribution is 2.11. The Bertz CT molecular complexity index is 479. The predicted molar refractivity (Wildman–Crippen MR) is 82.3 cm³/mol. The van der Waals surface area contributed by atoms with Crippen molar-refractivity contribution in [2.75, 3.05) is 19.8 Å². The van der Waals surface area contributed by atoms with Gasteiger partial charge in [-0.15, -0.1) is 0 Å². The Hall–Kier alpha value is -1.78. The van der Waals surface area contributed by atoms with E-state index in [-0.39, 0.29) is 0 Å². The summed E-state index contributed by atoms with van der Waals surface area (Å²) in [4.78, 5) is 0. The molecule has 0 saturated heterocycles. The quantitative estimate of drug-likeness (QED) is 0.681. The van der Waals surface area contributed by atoms with Crippen LogP contribution in [-0.2, 0) is 17.9 Å². The molecule has 0 saturated carbocycles. The fraction of sp³-hybridized carbons (Fsp3) is 0.412. The zero-order chi connectivity index (χ0) is 14.8. The standard InChI is InChI=1S/C17H23NO3/c1-2-20-16-8-6-15(7-9-16)13-18-10-4-11-19-14-17-5-3-12-21-17/h3,5-9,12,18H,2,4,10-11,13-14H2,1H3. The van der Waals surface area contributed by atoms with E-state index in [1.807, 2.05) is 31.2 Å². The number of hydrogen-bond acceptors (Lipinski definition) is 4. The van der Waals surface area contributed by atoms with E-state index in [1.54, 1.807) is 6.26 Å². The van der Waals surface area contributed by atoms with Crippen molar-refractivity contribution in [2.45, 2.75) is 26.5 Å². The van der Waals surface area contributed by atoms with Crippen molar-refractivity contribution in [1.82, 2.24) is 5.32 Å². The number of furan rings is 1. The molecule has 4 nitrogen and oxygen atoms in total. The lowest BCUT2D eigenvalue weighted by Crippen LogP contribution is -2.16. The zero-order valence-corrected chi connectivity index (χ0v) is 12.5. The average molecular weight is 289 g/mol. The Morgan fingerprint density at radius 2 is 2.00 bits per heavy atom. The summed E-state index contributed by atoms with van der Waals surface area (Å²) < 4.78 is 16.1. The SMILES string of the molecule is CCOc1ccc(CNCCCOCc2ccco2)cc1. The van der Waals surface area contributed by atoms with Crippen LogP contribution in [0.4, 0.5) is 0 Å². The van der Waals surface area contributed by atoms with Crippen LogP contribution in [0.15, 0.2) is 47.1 Å². The van der Waals surface area contributed by atoms with Gasteiger partial charge in [0.15, 0.2) is 0 Å². The molecule has 0 fully saturated rings. The highest BCUT2D eigenvalue weighted by atomic mass is 16.5. The van der Waals surface area contributed by atoms with E-state index in [4.69, 9.17) is 13.9 Å². The molecule has 4 heteroatoms. The van der Waals surface area contributed by atoms with Gasteiger partial charge in [-0.1, -0.05) is 12.1 Å². The van der Waals surface area contributed by atoms with Crippen LogP contribution >= 0.6 is 0 Å². The molecular weight excluding hydrogens is 266 g/mol.